The van der Waals surface area contributed by atoms with E-state index in [1.807, 2.05) is 75.2 Å². The molecule has 1 fully saturated rings. The third-order valence-corrected chi connectivity index (χ3v) is 8.21. The Morgan fingerprint density at radius 2 is 1.49 bits per heavy atom. The normalized spacial score (nSPS) is 14.6. The summed E-state index contributed by atoms with van der Waals surface area (Å²) < 4.78 is 33.6. The van der Waals surface area contributed by atoms with Gasteiger partial charge in [0, 0.05) is 24.9 Å². The van der Waals surface area contributed by atoms with E-state index in [1.165, 1.54) is 0 Å². The molecule has 0 bridgehead atoms. The lowest BCUT2D eigenvalue weighted by Crippen LogP contribution is -2.35. The first-order chi connectivity index (χ1) is 23.6. The number of fused-ring (bicyclic) bond motifs is 2. The number of ether oxygens (including phenoxy) is 6. The number of hydrogen-bond acceptors (Lipinski definition) is 8. The first-order valence-electron chi connectivity index (χ1n) is 17.5. The van der Waals surface area contributed by atoms with E-state index in [4.69, 9.17) is 28.4 Å². The summed E-state index contributed by atoms with van der Waals surface area (Å²) in [6.07, 6.45) is 7.12. The Labute approximate surface area is 293 Å². The predicted octanol–water partition coefficient (Wildman–Crippen LogP) is 9.84. The Hall–Kier alpha value is -4.40. The van der Waals surface area contributed by atoms with Gasteiger partial charge in [-0.05, 0) is 80.0 Å². The van der Waals surface area contributed by atoms with Gasteiger partial charge in [0.1, 0.15) is 17.2 Å². The van der Waals surface area contributed by atoms with Crippen molar-refractivity contribution in [1.82, 2.24) is 4.90 Å². The molecule has 2 aliphatic rings. The minimum Gasteiger partial charge on any atom is -0.493 e. The average molecular weight is 677 g/mol. The molecule has 9 nitrogen and oxygen atoms in total. The highest BCUT2D eigenvalue weighted by molar-refractivity contribution is 6.03. The summed E-state index contributed by atoms with van der Waals surface area (Å²) in [7, 11) is 4.81. The van der Waals surface area contributed by atoms with Crippen molar-refractivity contribution in [2.45, 2.75) is 86.6 Å². The minimum absolute atomic E-state index is 0.0327. The fraction of sp³-hybridized carbons (Fsp3) is 0.500. The molecule has 3 aromatic carbocycles. The molecule has 0 spiro atoms. The molecule has 1 saturated heterocycles. The molecule has 3 aromatic rings. The van der Waals surface area contributed by atoms with Crippen molar-refractivity contribution in [3.8, 4) is 40.2 Å². The van der Waals surface area contributed by atoms with Crippen LogP contribution in [0, 0.1) is 12.3 Å². The SMILES string of the molecule is CC.CCCC(C)(C)COc1ccc(Oc2ccc(OC)c(OC)c2)c(C)c1.CCCOc1cc2c(cc1OC)C(=O)N1CCCC1C=N2. The van der Waals surface area contributed by atoms with Gasteiger partial charge in [-0.25, -0.2) is 0 Å². The van der Waals surface area contributed by atoms with Crippen molar-refractivity contribution in [3.05, 3.63) is 59.7 Å². The van der Waals surface area contributed by atoms with Gasteiger partial charge in [-0.1, -0.05) is 48.0 Å². The van der Waals surface area contributed by atoms with Gasteiger partial charge in [0.25, 0.3) is 5.91 Å². The van der Waals surface area contributed by atoms with Gasteiger partial charge in [-0.2, -0.15) is 0 Å². The molecule has 1 unspecified atom stereocenters. The van der Waals surface area contributed by atoms with Crippen molar-refractivity contribution < 1.29 is 33.2 Å². The lowest BCUT2D eigenvalue weighted by Gasteiger charge is -2.24. The van der Waals surface area contributed by atoms with Gasteiger partial charge < -0.3 is 33.3 Å². The number of benzene rings is 3. The topological polar surface area (TPSA) is 88.1 Å². The van der Waals surface area contributed by atoms with Crippen LogP contribution in [0.3, 0.4) is 0 Å². The second-order valence-electron chi connectivity index (χ2n) is 12.6. The summed E-state index contributed by atoms with van der Waals surface area (Å²) in [6, 6.07) is 15.1. The van der Waals surface area contributed by atoms with E-state index in [9.17, 15) is 4.79 Å². The summed E-state index contributed by atoms with van der Waals surface area (Å²) in [4.78, 5) is 19.1. The zero-order chi connectivity index (χ0) is 36.0. The van der Waals surface area contributed by atoms with Crippen LogP contribution in [-0.2, 0) is 0 Å². The van der Waals surface area contributed by atoms with Crippen LogP contribution in [0.1, 0.15) is 89.6 Å². The van der Waals surface area contributed by atoms with E-state index in [1.54, 1.807) is 33.5 Å². The molecule has 0 aromatic heterocycles. The summed E-state index contributed by atoms with van der Waals surface area (Å²) in [6.45, 7) is 16.8. The molecule has 5 rings (SSSR count). The maximum Gasteiger partial charge on any atom is 0.256 e. The maximum absolute atomic E-state index is 12.7. The molecular weight excluding hydrogens is 620 g/mol. The lowest BCUT2D eigenvalue weighted by atomic mass is 9.89. The van der Waals surface area contributed by atoms with Crippen LogP contribution in [0.15, 0.2) is 53.5 Å². The third-order valence-electron chi connectivity index (χ3n) is 8.21. The highest BCUT2D eigenvalue weighted by Gasteiger charge is 2.32. The van der Waals surface area contributed by atoms with E-state index < -0.39 is 0 Å². The van der Waals surface area contributed by atoms with Crippen LogP contribution in [0.5, 0.6) is 40.2 Å². The Morgan fingerprint density at radius 1 is 0.816 bits per heavy atom. The lowest BCUT2D eigenvalue weighted by molar-refractivity contribution is 0.0774. The van der Waals surface area contributed by atoms with Gasteiger partial charge in [-0.15, -0.1) is 0 Å². The first kappa shape index (κ1) is 39.0. The third kappa shape index (κ3) is 10.5. The molecular formula is C40H56N2O7. The maximum atomic E-state index is 12.7. The predicted molar refractivity (Wildman–Crippen MR) is 197 cm³/mol. The molecule has 9 heteroatoms. The summed E-state index contributed by atoms with van der Waals surface area (Å²) in [5.74, 6) is 4.93. The van der Waals surface area contributed by atoms with E-state index in [0.717, 1.165) is 55.7 Å². The van der Waals surface area contributed by atoms with Crippen LogP contribution < -0.4 is 28.4 Å². The Morgan fingerprint density at radius 3 is 2.14 bits per heavy atom. The minimum atomic E-state index is 0.0327. The van der Waals surface area contributed by atoms with E-state index >= 15 is 0 Å². The zero-order valence-electron chi connectivity index (χ0n) is 31.2. The van der Waals surface area contributed by atoms with Crippen LogP contribution in [0.4, 0.5) is 5.69 Å². The van der Waals surface area contributed by atoms with E-state index in [2.05, 4.69) is 25.8 Å². The van der Waals surface area contributed by atoms with Crippen LogP contribution in [0.25, 0.3) is 0 Å². The Kier molecular flexibility index (Phi) is 15.1. The van der Waals surface area contributed by atoms with E-state index in [-0.39, 0.29) is 17.4 Å². The molecule has 2 heterocycles. The number of hydrogen-bond donors (Lipinski definition) is 0. The molecule has 268 valence electrons. The highest BCUT2D eigenvalue weighted by Crippen LogP contribution is 2.38. The molecule has 0 aliphatic carbocycles. The molecule has 0 N–H and O–H groups in total. The fourth-order valence-corrected chi connectivity index (χ4v) is 5.69. The highest BCUT2D eigenvalue weighted by atomic mass is 16.5. The van der Waals surface area contributed by atoms with Gasteiger partial charge in [-0.3, -0.25) is 9.79 Å². The van der Waals surface area contributed by atoms with Gasteiger partial charge >= 0.3 is 0 Å². The van der Waals surface area contributed by atoms with Crippen molar-refractivity contribution in [2.75, 3.05) is 41.1 Å². The molecule has 2 aliphatic heterocycles. The summed E-state index contributed by atoms with van der Waals surface area (Å²) >= 11 is 0. The second kappa shape index (κ2) is 19.0. The number of amides is 1. The summed E-state index contributed by atoms with van der Waals surface area (Å²) in [5, 5.41) is 0. The Bertz CT molecular complexity index is 1540. The van der Waals surface area contributed by atoms with Gasteiger partial charge in [0.05, 0.1) is 51.8 Å². The van der Waals surface area contributed by atoms with Crippen LogP contribution in [0.2, 0.25) is 0 Å². The number of methoxy groups -OCH3 is 3. The fourth-order valence-electron chi connectivity index (χ4n) is 5.69. The number of carbonyl (C=O) groups is 1. The second-order valence-corrected chi connectivity index (χ2v) is 12.6. The molecule has 1 atom stereocenters. The van der Waals surface area contributed by atoms with Crippen molar-refractivity contribution in [2.24, 2.45) is 10.4 Å². The number of aliphatic imine (C=N–C) groups is 1. The largest absolute Gasteiger partial charge is 0.493 e. The zero-order valence-corrected chi connectivity index (χ0v) is 31.2. The molecule has 1 amide bonds. The molecule has 0 saturated carbocycles. The Balaban J connectivity index is 0.000000257. The number of nitrogens with zero attached hydrogens (tertiary/aromatic N) is 2. The van der Waals surface area contributed by atoms with Gasteiger partial charge in [0.2, 0.25) is 0 Å². The smallest absolute Gasteiger partial charge is 0.256 e. The first-order valence-corrected chi connectivity index (χ1v) is 17.5. The number of aryl methyl sites for hydroxylation is 1. The quantitative estimate of drug-likeness (QED) is 0.178. The van der Waals surface area contributed by atoms with Crippen LogP contribution in [-0.4, -0.2) is 64.2 Å². The standard InChI is InChI=1S/C22H30O4.C16H20N2O3.C2H6/c1-7-12-22(3,4)15-25-17-8-10-19(16(2)13-17)26-18-9-11-20(23-5)21(14-18)24-6;1-3-7-21-15-9-13-12(8-14(15)20-2)16(19)18-6-4-5-11(18)10-17-13;1-2/h8-11,13-14H,7,12,15H2,1-6H3;8-11H,3-7H2,1-2H3;1-2H3. The van der Waals surface area contributed by atoms with Crippen molar-refractivity contribution in [1.29, 1.82) is 0 Å². The van der Waals surface area contributed by atoms with Crippen molar-refractivity contribution >= 4 is 17.8 Å². The van der Waals surface area contributed by atoms with Gasteiger partial charge in [0.15, 0.2) is 23.0 Å². The van der Waals surface area contributed by atoms with Crippen LogP contribution >= 0.6 is 0 Å². The van der Waals surface area contributed by atoms with Crippen molar-refractivity contribution in [3.63, 3.8) is 0 Å². The average Bonchev–Trinajstić information content (AvgIpc) is 3.54. The molecule has 49 heavy (non-hydrogen) atoms. The van der Waals surface area contributed by atoms with E-state index in [0.29, 0.717) is 53.2 Å². The molecule has 0 radical (unpaired) electrons. The summed E-state index contributed by atoms with van der Waals surface area (Å²) in [5.41, 5.74) is 2.46. The number of carbonyl (C=O) groups excluding carboxylic acids is 1. The monoisotopic (exact) mass is 676 g/mol. The number of rotatable bonds is 13.